The van der Waals surface area contributed by atoms with Crippen LogP contribution < -0.4 is 10.5 Å². The van der Waals surface area contributed by atoms with Gasteiger partial charge in [0.25, 0.3) is 5.91 Å². The van der Waals surface area contributed by atoms with Gasteiger partial charge in [-0.2, -0.15) is 0 Å². The molecule has 0 aliphatic heterocycles. The lowest BCUT2D eigenvalue weighted by molar-refractivity contribution is 0.0947. The number of nitrogens with zero attached hydrogens (tertiary/aromatic N) is 1. The number of carbonyl (C=O) groups is 1. The van der Waals surface area contributed by atoms with E-state index in [4.69, 9.17) is 16.7 Å². The van der Waals surface area contributed by atoms with Crippen molar-refractivity contribution in [3.8, 4) is 0 Å². The smallest absolute Gasteiger partial charge is 0.267 e. The molecule has 1 aromatic rings. The first-order valence-electron chi connectivity index (χ1n) is 4.98. The Bertz CT molecular complexity index is 510. The topological polar surface area (TPSA) is 94.2 Å². The van der Waals surface area contributed by atoms with Crippen molar-refractivity contribution < 1.29 is 13.2 Å². The molecule has 0 bridgehead atoms. The second-order valence-electron chi connectivity index (χ2n) is 3.45. The fourth-order valence-corrected chi connectivity index (χ4v) is 1.93. The molecule has 1 rings (SSSR count). The SMILES string of the molecule is CCn1cc(Cl)cc1C(=O)NCCS(N)(=O)=O. The van der Waals surface area contributed by atoms with Crippen molar-refractivity contribution in [1.82, 2.24) is 9.88 Å². The number of nitrogens with one attached hydrogen (secondary N) is 1. The van der Waals surface area contributed by atoms with Gasteiger partial charge in [0.1, 0.15) is 5.69 Å². The second kappa shape index (κ2) is 5.52. The van der Waals surface area contributed by atoms with Crippen LogP contribution in [0.25, 0.3) is 0 Å². The first-order chi connectivity index (χ1) is 7.83. The molecular formula is C9H14ClN3O3S. The van der Waals surface area contributed by atoms with Crippen LogP contribution >= 0.6 is 11.6 Å². The summed E-state index contributed by atoms with van der Waals surface area (Å²) in [5, 5.41) is 7.74. The highest BCUT2D eigenvalue weighted by Crippen LogP contribution is 2.13. The maximum Gasteiger partial charge on any atom is 0.267 e. The predicted octanol–water partition coefficient (Wildman–Crippen LogP) is 0.180. The predicted molar refractivity (Wildman–Crippen MR) is 65.4 cm³/mol. The van der Waals surface area contributed by atoms with Gasteiger partial charge in [0.15, 0.2) is 0 Å². The van der Waals surface area contributed by atoms with E-state index in [2.05, 4.69) is 5.32 Å². The molecule has 1 heterocycles. The van der Waals surface area contributed by atoms with E-state index in [0.717, 1.165) is 0 Å². The molecule has 0 fully saturated rings. The van der Waals surface area contributed by atoms with Gasteiger partial charge in [-0.15, -0.1) is 0 Å². The van der Waals surface area contributed by atoms with Gasteiger partial charge in [-0.05, 0) is 13.0 Å². The normalized spacial score (nSPS) is 11.5. The van der Waals surface area contributed by atoms with Gasteiger partial charge in [-0.3, -0.25) is 4.79 Å². The van der Waals surface area contributed by atoms with Crippen molar-refractivity contribution in [3.05, 3.63) is 23.0 Å². The van der Waals surface area contributed by atoms with Crippen LogP contribution in [0.5, 0.6) is 0 Å². The maximum absolute atomic E-state index is 11.7. The van der Waals surface area contributed by atoms with Crippen LogP contribution in [0.15, 0.2) is 12.3 Å². The van der Waals surface area contributed by atoms with E-state index in [1.54, 1.807) is 10.8 Å². The lowest BCUT2D eigenvalue weighted by Gasteiger charge is -2.06. The van der Waals surface area contributed by atoms with E-state index in [1.807, 2.05) is 6.92 Å². The lowest BCUT2D eigenvalue weighted by Crippen LogP contribution is -2.32. The fraction of sp³-hybridized carbons (Fsp3) is 0.444. The van der Waals surface area contributed by atoms with Gasteiger partial charge in [0.2, 0.25) is 10.0 Å². The average Bonchev–Trinajstić information content (AvgIpc) is 2.57. The fourth-order valence-electron chi connectivity index (χ4n) is 1.32. The number of halogens is 1. The summed E-state index contributed by atoms with van der Waals surface area (Å²) >= 11 is 5.78. The molecular weight excluding hydrogens is 266 g/mol. The maximum atomic E-state index is 11.7. The second-order valence-corrected chi connectivity index (χ2v) is 5.62. The summed E-state index contributed by atoms with van der Waals surface area (Å²) in [4.78, 5) is 11.7. The number of hydrogen-bond donors (Lipinski definition) is 2. The molecule has 96 valence electrons. The first-order valence-corrected chi connectivity index (χ1v) is 7.07. The van der Waals surface area contributed by atoms with Gasteiger partial charge in [0.05, 0.1) is 10.8 Å². The average molecular weight is 280 g/mol. The van der Waals surface area contributed by atoms with Crippen LogP contribution in [-0.4, -0.2) is 31.2 Å². The van der Waals surface area contributed by atoms with Crippen molar-refractivity contribution in [1.29, 1.82) is 0 Å². The lowest BCUT2D eigenvalue weighted by atomic mass is 10.4. The summed E-state index contributed by atoms with van der Waals surface area (Å²) in [6.45, 7) is 2.45. The van der Waals surface area contributed by atoms with E-state index < -0.39 is 10.0 Å². The van der Waals surface area contributed by atoms with Crippen LogP contribution in [0.3, 0.4) is 0 Å². The van der Waals surface area contributed by atoms with Crippen molar-refractivity contribution in [2.75, 3.05) is 12.3 Å². The standard InChI is InChI=1S/C9H14ClN3O3S/c1-2-13-6-7(10)5-8(13)9(14)12-3-4-17(11,15)16/h5-6H,2-4H2,1H3,(H,12,14)(H2,11,15,16). The van der Waals surface area contributed by atoms with Crippen LogP contribution in [0.2, 0.25) is 5.02 Å². The van der Waals surface area contributed by atoms with E-state index in [-0.39, 0.29) is 18.2 Å². The summed E-state index contributed by atoms with van der Waals surface area (Å²) in [6, 6.07) is 1.53. The number of rotatable bonds is 5. The van der Waals surface area contributed by atoms with Crippen molar-refractivity contribution in [2.45, 2.75) is 13.5 Å². The molecule has 8 heteroatoms. The molecule has 0 radical (unpaired) electrons. The zero-order valence-corrected chi connectivity index (χ0v) is 10.9. The molecule has 0 saturated carbocycles. The van der Waals surface area contributed by atoms with Crippen LogP contribution in [0, 0.1) is 0 Å². The summed E-state index contributed by atoms with van der Waals surface area (Å²) < 4.78 is 23.0. The molecule has 0 unspecified atom stereocenters. The highest BCUT2D eigenvalue weighted by atomic mass is 35.5. The highest BCUT2D eigenvalue weighted by molar-refractivity contribution is 7.89. The van der Waals surface area contributed by atoms with E-state index in [1.165, 1.54) is 6.07 Å². The third-order valence-corrected chi connectivity index (χ3v) is 3.09. The summed E-state index contributed by atoms with van der Waals surface area (Å²) in [6.07, 6.45) is 1.64. The largest absolute Gasteiger partial charge is 0.350 e. The monoisotopic (exact) mass is 279 g/mol. The van der Waals surface area contributed by atoms with Crippen LogP contribution in [0.1, 0.15) is 17.4 Å². The third-order valence-electron chi connectivity index (χ3n) is 2.11. The first kappa shape index (κ1) is 14.0. The zero-order chi connectivity index (χ0) is 13.1. The highest BCUT2D eigenvalue weighted by Gasteiger charge is 2.12. The van der Waals surface area contributed by atoms with Gasteiger partial charge >= 0.3 is 0 Å². The van der Waals surface area contributed by atoms with Crippen LogP contribution in [-0.2, 0) is 16.6 Å². The molecule has 17 heavy (non-hydrogen) atoms. The molecule has 0 saturated heterocycles. The Hall–Kier alpha value is -1.05. The molecule has 1 amide bonds. The molecule has 0 aromatic carbocycles. The van der Waals surface area contributed by atoms with E-state index in [9.17, 15) is 13.2 Å². The summed E-state index contributed by atoms with van der Waals surface area (Å²) in [5.41, 5.74) is 0.395. The third kappa shape index (κ3) is 4.37. The number of primary sulfonamides is 1. The molecule has 6 nitrogen and oxygen atoms in total. The van der Waals surface area contributed by atoms with Crippen molar-refractivity contribution in [3.63, 3.8) is 0 Å². The van der Waals surface area contributed by atoms with Crippen molar-refractivity contribution >= 4 is 27.5 Å². The minimum atomic E-state index is -3.56. The number of hydrogen-bond acceptors (Lipinski definition) is 3. The van der Waals surface area contributed by atoms with Gasteiger partial charge < -0.3 is 9.88 Å². The number of sulfonamides is 1. The van der Waals surface area contributed by atoms with Gasteiger partial charge in [-0.25, -0.2) is 13.6 Å². The Morgan fingerprint density at radius 2 is 2.24 bits per heavy atom. The molecule has 0 atom stereocenters. The van der Waals surface area contributed by atoms with E-state index >= 15 is 0 Å². The number of aryl methyl sites for hydroxylation is 1. The minimum absolute atomic E-state index is 0.0236. The molecule has 1 aromatic heterocycles. The van der Waals surface area contributed by atoms with Crippen molar-refractivity contribution in [2.24, 2.45) is 5.14 Å². The Balaban J connectivity index is 2.64. The van der Waals surface area contributed by atoms with Gasteiger partial charge in [0, 0.05) is 19.3 Å². The Kier molecular flexibility index (Phi) is 4.55. The Morgan fingerprint density at radius 1 is 1.59 bits per heavy atom. The molecule has 0 aliphatic rings. The number of nitrogens with two attached hydrogens (primary N) is 1. The number of aromatic nitrogens is 1. The molecule has 0 aliphatic carbocycles. The number of carbonyl (C=O) groups excluding carboxylic acids is 1. The number of amides is 1. The van der Waals surface area contributed by atoms with Gasteiger partial charge in [-0.1, -0.05) is 11.6 Å². The minimum Gasteiger partial charge on any atom is -0.350 e. The summed E-state index contributed by atoms with van der Waals surface area (Å²) in [7, 11) is -3.56. The molecule has 3 N–H and O–H groups in total. The molecule has 0 spiro atoms. The Morgan fingerprint density at radius 3 is 2.76 bits per heavy atom. The van der Waals surface area contributed by atoms with E-state index in [0.29, 0.717) is 17.3 Å². The summed E-state index contributed by atoms with van der Waals surface area (Å²) in [5.74, 6) is -0.665. The Labute approximate surface area is 105 Å². The quantitative estimate of drug-likeness (QED) is 0.805. The van der Waals surface area contributed by atoms with Crippen LogP contribution in [0.4, 0.5) is 0 Å². The zero-order valence-electron chi connectivity index (χ0n) is 9.31.